The predicted octanol–water partition coefficient (Wildman–Crippen LogP) is 3.24. The van der Waals surface area contributed by atoms with Gasteiger partial charge < -0.3 is 19.5 Å². The molecule has 0 spiro atoms. The molecule has 2 N–H and O–H groups in total. The number of ether oxygens (including phenoxy) is 3. The van der Waals surface area contributed by atoms with E-state index in [0.717, 1.165) is 0 Å². The van der Waals surface area contributed by atoms with Gasteiger partial charge >= 0.3 is 5.97 Å². The van der Waals surface area contributed by atoms with Crippen molar-refractivity contribution in [2.45, 2.75) is 11.1 Å². The normalized spacial score (nSPS) is 15.3. The van der Waals surface area contributed by atoms with Crippen molar-refractivity contribution in [1.82, 2.24) is 4.98 Å². The molecule has 9 nitrogen and oxygen atoms in total. The minimum absolute atomic E-state index is 0.0819. The van der Waals surface area contributed by atoms with Crippen molar-refractivity contribution in [3.63, 3.8) is 0 Å². The fourth-order valence-electron chi connectivity index (χ4n) is 3.04. The number of hydrogen-bond donors (Lipinski definition) is 2. The van der Waals surface area contributed by atoms with Crippen molar-refractivity contribution < 1.29 is 27.4 Å². The standard InChI is InChI=1S/C19H17N3O6S2/c1-26-14-8-7-13-15(16(14)27-2)18(23)28-17(13)21-11-3-5-12(6-4-11)30(24,25)22-19-20-9-10-29-19/h3-10,17,21H,1-2H3,(H,20,22)/t17-/m0/s1. The first kappa shape index (κ1) is 20.0. The molecule has 0 unspecified atom stereocenters. The molecular formula is C19H17N3O6S2. The zero-order chi connectivity index (χ0) is 21.3. The highest BCUT2D eigenvalue weighted by Crippen LogP contribution is 2.42. The van der Waals surface area contributed by atoms with Gasteiger partial charge in [0.05, 0.1) is 19.1 Å². The summed E-state index contributed by atoms with van der Waals surface area (Å²) in [7, 11) is -0.812. The number of hydrogen-bond acceptors (Lipinski definition) is 9. The SMILES string of the molecule is COc1ccc2c(c1OC)C(=O)O[C@@H]2Nc1ccc(S(=O)(=O)Nc2nccs2)cc1. The Bertz CT molecular complexity index is 1180. The number of carbonyl (C=O) groups is 1. The Balaban J connectivity index is 1.55. The van der Waals surface area contributed by atoms with Gasteiger partial charge in [0.2, 0.25) is 6.23 Å². The molecule has 2 aromatic carbocycles. The van der Waals surface area contributed by atoms with Crippen molar-refractivity contribution in [1.29, 1.82) is 0 Å². The molecular weight excluding hydrogens is 430 g/mol. The second kappa shape index (κ2) is 7.84. The second-order valence-corrected chi connectivity index (χ2v) is 8.74. The highest BCUT2D eigenvalue weighted by molar-refractivity contribution is 7.93. The van der Waals surface area contributed by atoms with Crippen LogP contribution in [0.3, 0.4) is 0 Å². The van der Waals surface area contributed by atoms with E-state index in [1.165, 1.54) is 43.9 Å². The van der Waals surface area contributed by atoms with E-state index >= 15 is 0 Å². The van der Waals surface area contributed by atoms with E-state index in [1.807, 2.05) is 0 Å². The number of sulfonamides is 1. The lowest BCUT2D eigenvalue weighted by molar-refractivity contribution is 0.0435. The molecule has 0 amide bonds. The molecule has 1 aliphatic rings. The summed E-state index contributed by atoms with van der Waals surface area (Å²) in [5.41, 5.74) is 1.46. The summed E-state index contributed by atoms with van der Waals surface area (Å²) in [4.78, 5) is 16.4. The third kappa shape index (κ3) is 3.64. The maximum absolute atomic E-state index is 12.4. The summed E-state index contributed by atoms with van der Waals surface area (Å²) in [6, 6.07) is 9.48. The highest BCUT2D eigenvalue weighted by Gasteiger charge is 2.35. The maximum atomic E-state index is 12.4. The molecule has 0 bridgehead atoms. The molecule has 1 aliphatic heterocycles. The second-order valence-electron chi connectivity index (χ2n) is 6.16. The molecule has 3 aromatic rings. The van der Waals surface area contributed by atoms with Gasteiger partial charge in [0, 0.05) is 22.8 Å². The van der Waals surface area contributed by atoms with Gasteiger partial charge in [-0.05, 0) is 36.4 Å². The fraction of sp³-hybridized carbons (Fsp3) is 0.158. The lowest BCUT2D eigenvalue weighted by Crippen LogP contribution is -2.13. The minimum Gasteiger partial charge on any atom is -0.493 e. The molecule has 0 saturated heterocycles. The van der Waals surface area contributed by atoms with Crippen molar-refractivity contribution in [2.75, 3.05) is 24.3 Å². The molecule has 30 heavy (non-hydrogen) atoms. The average molecular weight is 447 g/mol. The summed E-state index contributed by atoms with van der Waals surface area (Å²) < 4.78 is 43.2. The van der Waals surface area contributed by atoms with E-state index in [0.29, 0.717) is 28.3 Å². The quantitative estimate of drug-likeness (QED) is 0.531. The van der Waals surface area contributed by atoms with Crippen molar-refractivity contribution in [3.8, 4) is 11.5 Å². The number of methoxy groups -OCH3 is 2. The molecule has 0 saturated carbocycles. The minimum atomic E-state index is -3.75. The number of rotatable bonds is 7. The molecule has 4 rings (SSSR count). The largest absolute Gasteiger partial charge is 0.493 e. The summed E-state index contributed by atoms with van der Waals surface area (Å²) >= 11 is 1.19. The Kier molecular flexibility index (Phi) is 5.22. The molecule has 1 atom stereocenters. The Hall–Kier alpha value is -3.31. The number of aromatic nitrogens is 1. The molecule has 1 aromatic heterocycles. The smallest absolute Gasteiger partial charge is 0.344 e. The van der Waals surface area contributed by atoms with E-state index in [9.17, 15) is 13.2 Å². The number of thiazole rings is 1. The van der Waals surface area contributed by atoms with Gasteiger partial charge in [0.1, 0.15) is 5.56 Å². The first-order valence-corrected chi connectivity index (χ1v) is 11.0. The maximum Gasteiger partial charge on any atom is 0.344 e. The number of nitrogens with zero attached hydrogens (tertiary/aromatic N) is 1. The van der Waals surface area contributed by atoms with E-state index < -0.39 is 22.2 Å². The van der Waals surface area contributed by atoms with Gasteiger partial charge in [-0.1, -0.05) is 0 Å². The summed E-state index contributed by atoms with van der Waals surface area (Å²) in [5.74, 6) is 0.195. The third-order valence-electron chi connectivity index (χ3n) is 4.41. The third-order valence-corrected chi connectivity index (χ3v) is 6.58. The van der Waals surface area contributed by atoms with Crippen molar-refractivity contribution in [3.05, 3.63) is 59.1 Å². The Morgan fingerprint density at radius 2 is 1.87 bits per heavy atom. The lowest BCUT2D eigenvalue weighted by Gasteiger charge is -2.15. The Morgan fingerprint density at radius 1 is 1.10 bits per heavy atom. The molecule has 0 fully saturated rings. The summed E-state index contributed by atoms with van der Waals surface area (Å²) in [6.07, 6.45) is 0.768. The molecule has 156 valence electrons. The lowest BCUT2D eigenvalue weighted by atomic mass is 10.1. The number of esters is 1. The van der Waals surface area contributed by atoms with Crippen LogP contribution < -0.4 is 19.5 Å². The van der Waals surface area contributed by atoms with Gasteiger partial charge in [-0.3, -0.25) is 4.72 Å². The van der Waals surface area contributed by atoms with Crippen LogP contribution in [0, 0.1) is 0 Å². The van der Waals surface area contributed by atoms with Crippen LogP contribution in [-0.2, 0) is 14.8 Å². The molecule has 2 heterocycles. The number of carbonyl (C=O) groups excluding carboxylic acids is 1. The van der Waals surface area contributed by atoms with E-state index in [-0.39, 0.29) is 10.0 Å². The zero-order valence-electron chi connectivity index (χ0n) is 15.9. The number of nitrogens with one attached hydrogen (secondary N) is 2. The van der Waals surface area contributed by atoms with E-state index in [2.05, 4.69) is 15.0 Å². The van der Waals surface area contributed by atoms with Crippen LogP contribution in [0.1, 0.15) is 22.1 Å². The Labute approximate surface area is 176 Å². The van der Waals surface area contributed by atoms with E-state index in [4.69, 9.17) is 14.2 Å². The predicted molar refractivity (Wildman–Crippen MR) is 111 cm³/mol. The van der Waals surface area contributed by atoms with Gasteiger partial charge in [-0.25, -0.2) is 18.2 Å². The van der Waals surface area contributed by atoms with Gasteiger partial charge in [-0.2, -0.15) is 0 Å². The Morgan fingerprint density at radius 3 is 2.50 bits per heavy atom. The molecule has 0 aliphatic carbocycles. The first-order chi connectivity index (χ1) is 14.4. The van der Waals surface area contributed by atoms with Crippen LogP contribution in [0.5, 0.6) is 11.5 Å². The van der Waals surface area contributed by atoms with Crippen LogP contribution in [0.25, 0.3) is 0 Å². The van der Waals surface area contributed by atoms with Crippen LogP contribution in [-0.4, -0.2) is 33.6 Å². The molecule has 0 radical (unpaired) electrons. The number of cyclic esters (lactones) is 1. The monoisotopic (exact) mass is 447 g/mol. The summed E-state index contributed by atoms with van der Waals surface area (Å²) in [6.45, 7) is 0. The first-order valence-electron chi connectivity index (χ1n) is 8.67. The van der Waals surface area contributed by atoms with Crippen LogP contribution >= 0.6 is 11.3 Å². The van der Waals surface area contributed by atoms with Crippen molar-refractivity contribution in [2.24, 2.45) is 0 Å². The molecule has 11 heteroatoms. The van der Waals surface area contributed by atoms with Crippen LogP contribution in [0.2, 0.25) is 0 Å². The number of benzene rings is 2. The van der Waals surface area contributed by atoms with Gasteiger partial charge in [-0.15, -0.1) is 11.3 Å². The zero-order valence-corrected chi connectivity index (χ0v) is 17.5. The van der Waals surface area contributed by atoms with E-state index in [1.54, 1.807) is 29.6 Å². The van der Waals surface area contributed by atoms with Gasteiger partial charge in [0.25, 0.3) is 10.0 Å². The fourth-order valence-corrected chi connectivity index (χ4v) is 4.83. The van der Waals surface area contributed by atoms with Crippen LogP contribution in [0.4, 0.5) is 10.8 Å². The number of fused-ring (bicyclic) bond motifs is 1. The highest BCUT2D eigenvalue weighted by atomic mass is 32.2. The number of anilines is 2. The van der Waals surface area contributed by atoms with Crippen LogP contribution in [0.15, 0.2) is 52.9 Å². The summed E-state index contributed by atoms with van der Waals surface area (Å²) in [5, 5.41) is 5.04. The topological polar surface area (TPSA) is 116 Å². The average Bonchev–Trinajstić information content (AvgIpc) is 3.35. The van der Waals surface area contributed by atoms with Crippen molar-refractivity contribution >= 4 is 38.1 Å². The van der Waals surface area contributed by atoms with Gasteiger partial charge in [0.15, 0.2) is 16.6 Å².